The monoisotopic (exact) mass is 264 g/mol. The van der Waals surface area contributed by atoms with Crippen LogP contribution >= 0.6 is 0 Å². The molecule has 0 spiro atoms. The minimum absolute atomic E-state index is 0.0836. The van der Waals surface area contributed by atoms with Gasteiger partial charge in [0.05, 0.1) is 6.10 Å². The van der Waals surface area contributed by atoms with Crippen molar-refractivity contribution in [2.45, 2.75) is 32.4 Å². The summed E-state index contributed by atoms with van der Waals surface area (Å²) in [5.41, 5.74) is 1.84. The molecular weight excluding hydrogens is 240 g/mol. The number of nitrogens with one attached hydrogen (secondary N) is 1. The Morgan fingerprint density at radius 2 is 1.95 bits per heavy atom. The third kappa shape index (κ3) is 5.85. The average molecular weight is 264 g/mol. The van der Waals surface area contributed by atoms with E-state index >= 15 is 0 Å². The van der Waals surface area contributed by atoms with E-state index in [1.54, 1.807) is 0 Å². The highest BCUT2D eigenvalue weighted by atomic mass is 16.3. The molecule has 0 bridgehead atoms. The van der Waals surface area contributed by atoms with E-state index in [-0.39, 0.29) is 12.0 Å². The van der Waals surface area contributed by atoms with E-state index in [1.165, 1.54) is 5.56 Å². The second kappa shape index (κ2) is 7.92. The topological polar surface area (TPSA) is 52.6 Å². The maximum Gasteiger partial charge on any atom is 0.251 e. The molecule has 4 nitrogen and oxygen atoms in total. The number of rotatable bonds is 7. The van der Waals surface area contributed by atoms with Gasteiger partial charge in [-0.25, -0.2) is 0 Å². The van der Waals surface area contributed by atoms with E-state index < -0.39 is 0 Å². The number of hydrogen-bond acceptors (Lipinski definition) is 3. The zero-order valence-corrected chi connectivity index (χ0v) is 12.0. The normalized spacial score (nSPS) is 12.5. The summed E-state index contributed by atoms with van der Waals surface area (Å²) in [7, 11) is 4.03. The Balaban J connectivity index is 2.44. The maximum absolute atomic E-state index is 11.8. The number of carbonyl (C=O) groups excluding carboxylic acids is 1. The van der Waals surface area contributed by atoms with Gasteiger partial charge in [-0.1, -0.05) is 19.1 Å². The van der Waals surface area contributed by atoms with E-state index in [2.05, 4.69) is 10.2 Å². The Labute approximate surface area is 115 Å². The first-order valence-electron chi connectivity index (χ1n) is 6.73. The third-order valence-electron chi connectivity index (χ3n) is 2.95. The quantitative estimate of drug-likeness (QED) is 0.787. The number of benzene rings is 1. The summed E-state index contributed by atoms with van der Waals surface area (Å²) >= 11 is 0. The second-order valence-corrected chi connectivity index (χ2v) is 5.04. The fourth-order valence-electron chi connectivity index (χ4n) is 1.79. The van der Waals surface area contributed by atoms with Gasteiger partial charge in [0.2, 0.25) is 0 Å². The molecule has 1 atom stereocenters. The highest BCUT2D eigenvalue weighted by molar-refractivity contribution is 5.94. The summed E-state index contributed by atoms with van der Waals surface area (Å²) in [6.45, 7) is 3.30. The molecule has 0 aliphatic carbocycles. The molecule has 0 saturated carbocycles. The van der Waals surface area contributed by atoms with Gasteiger partial charge in [-0.2, -0.15) is 0 Å². The van der Waals surface area contributed by atoms with Crippen LogP contribution in [0.4, 0.5) is 0 Å². The summed E-state index contributed by atoms with van der Waals surface area (Å²) < 4.78 is 0. The number of carbonyl (C=O) groups is 1. The summed E-state index contributed by atoms with van der Waals surface area (Å²) in [6, 6.07) is 7.61. The minimum atomic E-state index is -0.331. The molecule has 19 heavy (non-hydrogen) atoms. The van der Waals surface area contributed by atoms with Crippen LogP contribution in [0, 0.1) is 0 Å². The van der Waals surface area contributed by atoms with Crippen LogP contribution < -0.4 is 5.32 Å². The zero-order chi connectivity index (χ0) is 14.3. The molecule has 106 valence electrons. The lowest BCUT2D eigenvalue weighted by atomic mass is 10.1. The van der Waals surface area contributed by atoms with Crippen molar-refractivity contribution in [3.63, 3.8) is 0 Å². The molecule has 0 heterocycles. The van der Waals surface area contributed by atoms with Gasteiger partial charge in [-0.15, -0.1) is 0 Å². The molecule has 0 aromatic heterocycles. The molecule has 4 heteroatoms. The molecule has 1 rings (SSSR count). The van der Waals surface area contributed by atoms with E-state index in [9.17, 15) is 9.90 Å². The van der Waals surface area contributed by atoms with E-state index in [4.69, 9.17) is 0 Å². The second-order valence-electron chi connectivity index (χ2n) is 5.04. The van der Waals surface area contributed by atoms with E-state index in [0.29, 0.717) is 18.5 Å². The standard InChI is InChI=1S/C15H24N2O2/c1-4-14(18)9-10-16-15(19)13-7-5-12(6-8-13)11-17(2)3/h5-8,14,18H,4,9-11H2,1-3H3,(H,16,19). The van der Waals surface area contributed by atoms with Crippen molar-refractivity contribution in [2.24, 2.45) is 0 Å². The number of amides is 1. The lowest BCUT2D eigenvalue weighted by molar-refractivity contribution is 0.0942. The van der Waals surface area contributed by atoms with Crippen molar-refractivity contribution in [3.8, 4) is 0 Å². The minimum Gasteiger partial charge on any atom is -0.393 e. The van der Waals surface area contributed by atoms with Crippen LogP contribution in [0.2, 0.25) is 0 Å². The van der Waals surface area contributed by atoms with Gasteiger partial charge in [-0.05, 0) is 44.6 Å². The summed E-state index contributed by atoms with van der Waals surface area (Å²) in [6.07, 6.45) is 0.985. The molecular formula is C15H24N2O2. The van der Waals surface area contributed by atoms with Crippen molar-refractivity contribution in [1.29, 1.82) is 0 Å². The van der Waals surface area contributed by atoms with Gasteiger partial charge >= 0.3 is 0 Å². The highest BCUT2D eigenvalue weighted by Gasteiger charge is 2.06. The first kappa shape index (κ1) is 15.7. The van der Waals surface area contributed by atoms with E-state index in [1.807, 2.05) is 45.3 Å². The van der Waals surface area contributed by atoms with Crippen molar-refractivity contribution < 1.29 is 9.90 Å². The Morgan fingerprint density at radius 3 is 2.47 bits per heavy atom. The molecule has 0 aliphatic heterocycles. The van der Waals surface area contributed by atoms with Crippen LogP contribution in [0.1, 0.15) is 35.7 Å². The third-order valence-corrected chi connectivity index (χ3v) is 2.95. The molecule has 0 fully saturated rings. The van der Waals surface area contributed by atoms with Crippen molar-refractivity contribution in [1.82, 2.24) is 10.2 Å². The molecule has 1 aromatic rings. The van der Waals surface area contributed by atoms with Crippen LogP contribution in [0.15, 0.2) is 24.3 Å². The van der Waals surface area contributed by atoms with Crippen LogP contribution in [0.5, 0.6) is 0 Å². The highest BCUT2D eigenvalue weighted by Crippen LogP contribution is 2.06. The fraction of sp³-hybridized carbons (Fsp3) is 0.533. The molecule has 0 radical (unpaired) electrons. The molecule has 1 aromatic carbocycles. The number of aliphatic hydroxyl groups is 1. The number of hydrogen-bond donors (Lipinski definition) is 2. The summed E-state index contributed by atoms with van der Waals surface area (Å²) in [5, 5.41) is 12.2. The smallest absolute Gasteiger partial charge is 0.251 e. The van der Waals surface area contributed by atoms with Crippen molar-refractivity contribution >= 4 is 5.91 Å². The molecule has 0 aliphatic rings. The first-order valence-corrected chi connectivity index (χ1v) is 6.73. The molecule has 2 N–H and O–H groups in total. The first-order chi connectivity index (χ1) is 9.02. The van der Waals surface area contributed by atoms with Gasteiger partial charge in [0, 0.05) is 18.7 Å². The predicted octanol–water partition coefficient (Wildman–Crippen LogP) is 1.64. The largest absolute Gasteiger partial charge is 0.393 e. The molecule has 1 amide bonds. The van der Waals surface area contributed by atoms with Gasteiger partial charge in [0.25, 0.3) is 5.91 Å². The Bertz CT molecular complexity index is 388. The summed E-state index contributed by atoms with van der Waals surface area (Å²) in [5.74, 6) is -0.0836. The Morgan fingerprint density at radius 1 is 1.32 bits per heavy atom. The fourth-order valence-corrected chi connectivity index (χ4v) is 1.79. The van der Waals surface area contributed by atoms with Gasteiger partial charge in [-0.3, -0.25) is 4.79 Å². The number of aliphatic hydroxyl groups excluding tert-OH is 1. The lowest BCUT2D eigenvalue weighted by Crippen LogP contribution is -2.27. The molecule has 0 saturated heterocycles. The zero-order valence-electron chi connectivity index (χ0n) is 12.0. The van der Waals surface area contributed by atoms with Crippen LogP contribution in [0.25, 0.3) is 0 Å². The summed E-state index contributed by atoms with van der Waals surface area (Å²) in [4.78, 5) is 13.9. The van der Waals surface area contributed by atoms with Crippen molar-refractivity contribution in [2.75, 3.05) is 20.6 Å². The van der Waals surface area contributed by atoms with Gasteiger partial charge in [0.1, 0.15) is 0 Å². The maximum atomic E-state index is 11.8. The van der Waals surface area contributed by atoms with E-state index in [0.717, 1.165) is 13.0 Å². The van der Waals surface area contributed by atoms with Crippen LogP contribution in [-0.2, 0) is 6.54 Å². The predicted molar refractivity (Wildman–Crippen MR) is 77.1 cm³/mol. The Hall–Kier alpha value is -1.39. The lowest BCUT2D eigenvalue weighted by Gasteiger charge is -2.11. The Kier molecular flexibility index (Phi) is 6.53. The molecule has 1 unspecified atom stereocenters. The van der Waals surface area contributed by atoms with Gasteiger partial charge in [0.15, 0.2) is 0 Å². The van der Waals surface area contributed by atoms with Crippen LogP contribution in [0.3, 0.4) is 0 Å². The number of nitrogens with zero attached hydrogens (tertiary/aromatic N) is 1. The van der Waals surface area contributed by atoms with Gasteiger partial charge < -0.3 is 15.3 Å². The SMILES string of the molecule is CCC(O)CCNC(=O)c1ccc(CN(C)C)cc1. The van der Waals surface area contributed by atoms with Crippen LogP contribution in [-0.4, -0.2) is 42.7 Å². The van der Waals surface area contributed by atoms with Crippen molar-refractivity contribution in [3.05, 3.63) is 35.4 Å². The average Bonchev–Trinajstić information content (AvgIpc) is 2.38.